The van der Waals surface area contributed by atoms with Gasteiger partial charge in [0.15, 0.2) is 17.1 Å². The highest BCUT2D eigenvalue weighted by Gasteiger charge is 2.36. The van der Waals surface area contributed by atoms with E-state index < -0.39 is 12.5 Å². The summed E-state index contributed by atoms with van der Waals surface area (Å²) < 4.78 is 32.4. The lowest BCUT2D eigenvalue weighted by molar-refractivity contribution is 0.0659. The van der Waals surface area contributed by atoms with Crippen LogP contribution in [0.4, 0.5) is 14.6 Å². The monoisotopic (exact) mass is 421 g/mol. The number of nitrogens with zero attached hydrogens (tertiary/aromatic N) is 8. The number of halogens is 2. The summed E-state index contributed by atoms with van der Waals surface area (Å²) in [6.45, 7) is 0. The lowest BCUT2D eigenvalue weighted by Gasteiger charge is -2.32. The molecule has 0 bridgehead atoms. The second kappa shape index (κ2) is 6.56. The van der Waals surface area contributed by atoms with Gasteiger partial charge in [-0.25, -0.2) is 27.9 Å². The van der Waals surface area contributed by atoms with E-state index in [1.807, 2.05) is 30.3 Å². The molecule has 0 fully saturated rings. The Labute approximate surface area is 174 Å². The largest absolute Gasteiger partial charge is 0.363 e. The molecule has 1 aliphatic heterocycles. The Morgan fingerprint density at radius 1 is 1.10 bits per heavy atom. The highest BCUT2D eigenvalue weighted by Crippen LogP contribution is 2.41. The Balaban J connectivity index is 1.49. The lowest BCUT2D eigenvalue weighted by Crippen LogP contribution is -2.31. The molecule has 0 amide bonds. The Morgan fingerprint density at radius 3 is 2.74 bits per heavy atom. The van der Waals surface area contributed by atoms with Gasteiger partial charge in [-0.1, -0.05) is 30.3 Å². The molecule has 9 nitrogen and oxygen atoms in total. The van der Waals surface area contributed by atoms with E-state index >= 15 is 0 Å². The molecule has 0 saturated carbocycles. The van der Waals surface area contributed by atoms with Crippen molar-refractivity contribution in [1.82, 2.24) is 39.1 Å². The zero-order valence-corrected chi connectivity index (χ0v) is 16.4. The van der Waals surface area contributed by atoms with Crippen LogP contribution in [0.3, 0.4) is 0 Å². The Bertz CT molecular complexity index is 1400. The minimum absolute atomic E-state index is 0.231. The van der Waals surface area contributed by atoms with Crippen LogP contribution in [-0.2, 0) is 7.05 Å². The number of hydrogen-bond donors (Lipinski definition) is 1. The molecule has 1 aliphatic rings. The number of aryl methyl sites for hydroxylation is 1. The molecule has 156 valence electrons. The Kier molecular flexibility index (Phi) is 3.79. The molecule has 31 heavy (non-hydrogen) atoms. The highest BCUT2D eigenvalue weighted by atomic mass is 19.3. The summed E-state index contributed by atoms with van der Waals surface area (Å²) in [5, 5.41) is 17.1. The van der Waals surface area contributed by atoms with Crippen LogP contribution in [-0.4, -0.2) is 45.6 Å². The topological polar surface area (TPSA) is 90.8 Å². The third-order valence-electron chi connectivity index (χ3n) is 5.70. The van der Waals surface area contributed by atoms with E-state index in [0.29, 0.717) is 28.5 Å². The van der Waals surface area contributed by atoms with Crippen molar-refractivity contribution in [3.05, 3.63) is 54.6 Å². The third kappa shape index (κ3) is 2.69. The molecule has 0 unspecified atom stereocenters. The van der Waals surface area contributed by atoms with Gasteiger partial charge in [0.25, 0.3) is 6.43 Å². The number of alkyl halides is 2. The van der Waals surface area contributed by atoms with E-state index in [4.69, 9.17) is 0 Å². The van der Waals surface area contributed by atoms with Crippen molar-refractivity contribution in [1.29, 1.82) is 0 Å². The molecule has 0 saturated heterocycles. The van der Waals surface area contributed by atoms with Crippen molar-refractivity contribution in [3.8, 4) is 11.4 Å². The lowest BCUT2D eigenvalue weighted by atomic mass is 9.97. The van der Waals surface area contributed by atoms with E-state index in [2.05, 4.69) is 30.6 Å². The van der Waals surface area contributed by atoms with E-state index in [-0.39, 0.29) is 12.5 Å². The van der Waals surface area contributed by atoms with Crippen molar-refractivity contribution in [2.24, 2.45) is 7.05 Å². The van der Waals surface area contributed by atoms with Crippen molar-refractivity contribution < 1.29 is 8.78 Å². The third-order valence-corrected chi connectivity index (χ3v) is 5.70. The summed E-state index contributed by atoms with van der Waals surface area (Å²) >= 11 is 0. The first-order valence-corrected chi connectivity index (χ1v) is 9.81. The summed E-state index contributed by atoms with van der Waals surface area (Å²) in [7, 11) is 1.80. The first-order valence-electron chi connectivity index (χ1n) is 9.81. The normalized spacial score (nSPS) is 18.6. The number of rotatable bonds is 3. The van der Waals surface area contributed by atoms with Gasteiger partial charge < -0.3 is 5.32 Å². The van der Waals surface area contributed by atoms with Gasteiger partial charge >= 0.3 is 0 Å². The van der Waals surface area contributed by atoms with Crippen LogP contribution in [0.1, 0.15) is 24.1 Å². The van der Waals surface area contributed by atoms with Gasteiger partial charge in [0, 0.05) is 7.05 Å². The molecule has 2 atom stereocenters. The molecule has 1 aromatic carbocycles. The standard InChI is InChI=1S/C20H17F2N9/c1-29-18-13(9-24-29)19-27-17(28-30(19)10-23-18)12-8-25-31-15(16(21)22)7-14(26-20(12)31)11-5-3-2-4-6-11/h2-6,8-10,14-16,26H,7H2,1H3/t14-,15-/m0/s1. The molecule has 5 heterocycles. The summed E-state index contributed by atoms with van der Waals surface area (Å²) in [5.41, 5.74) is 2.78. The number of fused-ring (bicyclic) bond motifs is 4. The average molecular weight is 421 g/mol. The van der Waals surface area contributed by atoms with Crippen molar-refractivity contribution in [2.75, 3.05) is 5.32 Å². The van der Waals surface area contributed by atoms with E-state index in [1.54, 1.807) is 28.8 Å². The van der Waals surface area contributed by atoms with Crippen molar-refractivity contribution in [3.63, 3.8) is 0 Å². The van der Waals surface area contributed by atoms with Gasteiger partial charge in [0.1, 0.15) is 18.2 Å². The predicted molar refractivity (Wildman–Crippen MR) is 109 cm³/mol. The summed E-state index contributed by atoms with van der Waals surface area (Å²) in [5.74, 6) is 0.866. The number of aromatic nitrogens is 8. The zero-order valence-electron chi connectivity index (χ0n) is 16.4. The summed E-state index contributed by atoms with van der Waals surface area (Å²) in [6, 6.07) is 8.25. The van der Waals surface area contributed by atoms with Gasteiger partial charge in [-0.05, 0) is 12.0 Å². The highest BCUT2D eigenvalue weighted by molar-refractivity contribution is 5.89. The van der Waals surface area contributed by atoms with Crippen LogP contribution in [0.5, 0.6) is 0 Å². The molecule has 6 rings (SSSR count). The first kappa shape index (κ1) is 17.9. The Morgan fingerprint density at radius 2 is 1.94 bits per heavy atom. The smallest absolute Gasteiger partial charge is 0.260 e. The second-order valence-electron chi connectivity index (χ2n) is 7.55. The maximum Gasteiger partial charge on any atom is 0.260 e. The SMILES string of the molecule is Cn1ncc2c1ncn1nc(-c3cnn4c3N[C@H](c3ccccc3)C[C@H]4C(F)F)nc21. The van der Waals surface area contributed by atoms with Crippen LogP contribution in [0, 0.1) is 0 Å². The zero-order chi connectivity index (χ0) is 21.1. The van der Waals surface area contributed by atoms with Gasteiger partial charge in [0.2, 0.25) is 0 Å². The number of benzene rings is 1. The van der Waals surface area contributed by atoms with Crippen LogP contribution < -0.4 is 5.32 Å². The summed E-state index contributed by atoms with van der Waals surface area (Å²) in [6.07, 6.45) is 2.46. The molecule has 5 aromatic rings. The van der Waals surface area contributed by atoms with Crippen molar-refractivity contribution in [2.45, 2.75) is 24.9 Å². The molecule has 1 N–H and O–H groups in total. The predicted octanol–water partition coefficient (Wildman–Crippen LogP) is 3.24. The molecular weight excluding hydrogens is 404 g/mol. The molecule has 4 aromatic heterocycles. The van der Waals surface area contributed by atoms with Gasteiger partial charge in [-0.2, -0.15) is 10.2 Å². The van der Waals surface area contributed by atoms with Crippen molar-refractivity contribution >= 4 is 22.5 Å². The van der Waals surface area contributed by atoms with E-state index in [9.17, 15) is 8.78 Å². The Hall–Kier alpha value is -3.89. The van der Waals surface area contributed by atoms with Crippen LogP contribution in [0.25, 0.3) is 28.1 Å². The quantitative estimate of drug-likeness (QED) is 0.481. The number of hydrogen-bond acceptors (Lipinski definition) is 6. The van der Waals surface area contributed by atoms with Gasteiger partial charge in [-0.3, -0.25) is 4.68 Å². The second-order valence-corrected chi connectivity index (χ2v) is 7.55. The fourth-order valence-corrected chi connectivity index (χ4v) is 4.15. The van der Waals surface area contributed by atoms with Gasteiger partial charge in [0.05, 0.1) is 29.4 Å². The molecule has 0 spiro atoms. The van der Waals surface area contributed by atoms with E-state index in [1.165, 1.54) is 10.9 Å². The summed E-state index contributed by atoms with van der Waals surface area (Å²) in [4.78, 5) is 9.01. The number of anilines is 1. The fraction of sp³-hybridized carbons (Fsp3) is 0.250. The minimum Gasteiger partial charge on any atom is -0.363 e. The molecule has 0 aliphatic carbocycles. The number of nitrogens with one attached hydrogen (secondary N) is 1. The van der Waals surface area contributed by atoms with Gasteiger partial charge in [-0.15, -0.1) is 5.10 Å². The maximum absolute atomic E-state index is 13.9. The fourth-order valence-electron chi connectivity index (χ4n) is 4.15. The minimum atomic E-state index is -2.55. The molecule has 11 heteroatoms. The molecule has 0 radical (unpaired) electrons. The van der Waals surface area contributed by atoms with E-state index in [0.717, 1.165) is 10.9 Å². The maximum atomic E-state index is 13.9. The molecular formula is C20H17F2N9. The van der Waals surface area contributed by atoms with Crippen LogP contribution >= 0.6 is 0 Å². The first-order chi connectivity index (χ1) is 15.1. The average Bonchev–Trinajstić information content (AvgIpc) is 3.49. The van der Waals surface area contributed by atoms with Crippen LogP contribution in [0.2, 0.25) is 0 Å². The van der Waals surface area contributed by atoms with Crippen LogP contribution in [0.15, 0.2) is 49.1 Å².